The molecule has 1 heterocycles. The number of hydrogen-bond donors (Lipinski definition) is 2. The van der Waals surface area contributed by atoms with Gasteiger partial charge in [0.05, 0.1) is 6.61 Å². The summed E-state index contributed by atoms with van der Waals surface area (Å²) in [6.07, 6.45) is 2.05. The van der Waals surface area contributed by atoms with Crippen LogP contribution in [0.25, 0.3) is 0 Å². The summed E-state index contributed by atoms with van der Waals surface area (Å²) in [4.78, 5) is 37.1. The first-order chi connectivity index (χ1) is 13.6. The lowest BCUT2D eigenvalue weighted by atomic mass is 10.1. The molecule has 0 aromatic heterocycles. The number of nitrogens with zero attached hydrogens (tertiary/aromatic N) is 1. The monoisotopic (exact) mass is 391 g/mol. The van der Waals surface area contributed by atoms with Crippen LogP contribution < -0.4 is 15.4 Å². The first-order valence-corrected chi connectivity index (χ1v) is 9.74. The molecule has 2 rings (SSSR count). The fraction of sp³-hybridized carbons (Fsp3) is 0.550. The van der Waals surface area contributed by atoms with Crippen molar-refractivity contribution in [2.24, 2.45) is 0 Å². The molecule has 1 fully saturated rings. The first kappa shape index (κ1) is 21.5. The highest BCUT2D eigenvalue weighted by Crippen LogP contribution is 2.12. The van der Waals surface area contributed by atoms with Crippen LogP contribution in [-0.4, -0.2) is 61.7 Å². The number of carbonyl (C=O) groups is 3. The molecule has 0 saturated carbocycles. The summed E-state index contributed by atoms with van der Waals surface area (Å²) < 4.78 is 10.3. The van der Waals surface area contributed by atoms with Gasteiger partial charge in [0.1, 0.15) is 5.75 Å². The molecule has 1 aliphatic heterocycles. The molecule has 1 aliphatic rings. The number of amides is 3. The van der Waals surface area contributed by atoms with Gasteiger partial charge in [-0.05, 0) is 38.3 Å². The molecule has 28 heavy (non-hydrogen) atoms. The molecule has 0 radical (unpaired) electrons. The summed E-state index contributed by atoms with van der Waals surface area (Å²) >= 11 is 0. The van der Waals surface area contributed by atoms with Gasteiger partial charge in [-0.15, -0.1) is 0 Å². The van der Waals surface area contributed by atoms with E-state index in [4.69, 9.17) is 9.47 Å². The Hall–Kier alpha value is -2.77. The van der Waals surface area contributed by atoms with Crippen molar-refractivity contribution >= 4 is 17.9 Å². The second kappa shape index (κ2) is 11.8. The van der Waals surface area contributed by atoms with Crippen molar-refractivity contribution in [1.29, 1.82) is 0 Å². The Labute approximate surface area is 165 Å². The molecular weight excluding hydrogens is 362 g/mol. The van der Waals surface area contributed by atoms with Gasteiger partial charge in [-0.25, -0.2) is 4.79 Å². The molecule has 0 bridgehead atoms. The van der Waals surface area contributed by atoms with E-state index in [0.717, 1.165) is 12.8 Å². The van der Waals surface area contributed by atoms with Crippen molar-refractivity contribution in [2.75, 3.05) is 32.8 Å². The predicted molar refractivity (Wildman–Crippen MR) is 104 cm³/mol. The lowest BCUT2D eigenvalue weighted by Crippen LogP contribution is -2.46. The quantitative estimate of drug-likeness (QED) is 0.625. The highest BCUT2D eigenvalue weighted by molar-refractivity contribution is 5.78. The third kappa shape index (κ3) is 7.85. The van der Waals surface area contributed by atoms with Gasteiger partial charge in [0.25, 0.3) is 5.91 Å². The second-order valence-corrected chi connectivity index (χ2v) is 6.58. The van der Waals surface area contributed by atoms with E-state index in [1.54, 1.807) is 24.0 Å². The van der Waals surface area contributed by atoms with E-state index in [9.17, 15) is 14.4 Å². The molecule has 8 heteroatoms. The summed E-state index contributed by atoms with van der Waals surface area (Å²) in [6.45, 7) is 3.69. The van der Waals surface area contributed by atoms with Gasteiger partial charge in [0.15, 0.2) is 6.61 Å². The normalized spacial score (nSPS) is 14.2. The number of nitrogens with one attached hydrogen (secondary N) is 2. The predicted octanol–water partition coefficient (Wildman–Crippen LogP) is 1.70. The standard InChI is InChI=1S/C20H29N3O5/c1-2-27-20(26)23-13-10-16(11-14-23)22-18(24)9-6-12-21-19(25)15-28-17-7-4-3-5-8-17/h3-5,7-8,16H,2,6,9-15H2,1H3,(H,21,25)(H,22,24). The number of hydrogen-bond acceptors (Lipinski definition) is 5. The number of piperidine rings is 1. The van der Waals surface area contributed by atoms with Crippen LogP contribution in [0.3, 0.4) is 0 Å². The summed E-state index contributed by atoms with van der Waals surface area (Å²) in [5.74, 6) is 0.394. The van der Waals surface area contributed by atoms with Crippen LogP contribution in [0.5, 0.6) is 5.75 Å². The third-order valence-corrected chi connectivity index (χ3v) is 4.40. The van der Waals surface area contributed by atoms with Gasteiger partial charge < -0.3 is 25.0 Å². The molecule has 3 amide bonds. The Bertz CT molecular complexity index is 630. The number of rotatable bonds is 9. The number of ether oxygens (including phenoxy) is 2. The maximum absolute atomic E-state index is 12.0. The average Bonchev–Trinajstić information content (AvgIpc) is 2.71. The first-order valence-electron chi connectivity index (χ1n) is 9.74. The van der Waals surface area contributed by atoms with Gasteiger partial charge in [0, 0.05) is 32.1 Å². The van der Waals surface area contributed by atoms with Gasteiger partial charge in [-0.1, -0.05) is 18.2 Å². The summed E-state index contributed by atoms with van der Waals surface area (Å²) in [5, 5.41) is 5.73. The molecule has 8 nitrogen and oxygen atoms in total. The van der Waals surface area contributed by atoms with Crippen molar-refractivity contribution in [3.8, 4) is 5.75 Å². The molecule has 154 valence electrons. The molecule has 2 N–H and O–H groups in total. The molecule has 0 aliphatic carbocycles. The van der Waals surface area contributed by atoms with Crippen molar-refractivity contribution in [2.45, 2.75) is 38.6 Å². The number of benzene rings is 1. The van der Waals surface area contributed by atoms with Crippen LogP contribution in [0, 0.1) is 0 Å². The number of carbonyl (C=O) groups excluding carboxylic acids is 3. The van der Waals surface area contributed by atoms with Crippen LogP contribution in [-0.2, 0) is 14.3 Å². The molecule has 1 aromatic rings. The Morgan fingerprint density at radius 3 is 2.50 bits per heavy atom. The van der Waals surface area contributed by atoms with E-state index >= 15 is 0 Å². The van der Waals surface area contributed by atoms with Gasteiger partial charge in [0.2, 0.25) is 5.91 Å². The highest BCUT2D eigenvalue weighted by atomic mass is 16.6. The van der Waals surface area contributed by atoms with E-state index in [2.05, 4.69) is 10.6 Å². The van der Waals surface area contributed by atoms with Gasteiger partial charge in [-0.3, -0.25) is 9.59 Å². The Balaban J connectivity index is 1.52. The summed E-state index contributed by atoms with van der Waals surface area (Å²) in [7, 11) is 0. The fourth-order valence-electron chi connectivity index (χ4n) is 2.91. The molecule has 1 saturated heterocycles. The summed E-state index contributed by atoms with van der Waals surface area (Å²) in [5.41, 5.74) is 0. The van der Waals surface area contributed by atoms with Crippen LogP contribution in [0.4, 0.5) is 4.79 Å². The fourth-order valence-corrected chi connectivity index (χ4v) is 2.91. The minimum atomic E-state index is -0.292. The molecule has 0 unspecified atom stereocenters. The lowest BCUT2D eigenvalue weighted by Gasteiger charge is -2.31. The molecule has 1 aromatic carbocycles. The average molecular weight is 391 g/mol. The van der Waals surface area contributed by atoms with Gasteiger partial charge >= 0.3 is 6.09 Å². The van der Waals surface area contributed by atoms with E-state index in [-0.39, 0.29) is 30.6 Å². The van der Waals surface area contributed by atoms with Crippen LogP contribution in [0.2, 0.25) is 0 Å². The van der Waals surface area contributed by atoms with Crippen molar-refractivity contribution < 1.29 is 23.9 Å². The molecule has 0 atom stereocenters. The topological polar surface area (TPSA) is 97.0 Å². The SMILES string of the molecule is CCOC(=O)N1CCC(NC(=O)CCCNC(=O)COc2ccccc2)CC1. The van der Waals surface area contributed by atoms with Crippen molar-refractivity contribution in [3.05, 3.63) is 30.3 Å². The lowest BCUT2D eigenvalue weighted by molar-refractivity contribution is -0.124. The minimum Gasteiger partial charge on any atom is -0.484 e. The van der Waals surface area contributed by atoms with E-state index in [0.29, 0.717) is 44.8 Å². The zero-order valence-corrected chi connectivity index (χ0v) is 16.3. The van der Waals surface area contributed by atoms with Crippen LogP contribution in [0.1, 0.15) is 32.6 Å². The van der Waals surface area contributed by atoms with E-state index < -0.39 is 0 Å². The van der Waals surface area contributed by atoms with Crippen LogP contribution >= 0.6 is 0 Å². The smallest absolute Gasteiger partial charge is 0.409 e. The van der Waals surface area contributed by atoms with E-state index in [1.165, 1.54) is 0 Å². The van der Waals surface area contributed by atoms with Crippen molar-refractivity contribution in [1.82, 2.24) is 15.5 Å². The number of para-hydroxylation sites is 1. The third-order valence-electron chi connectivity index (χ3n) is 4.40. The molecular formula is C20H29N3O5. The Morgan fingerprint density at radius 2 is 1.82 bits per heavy atom. The Kier molecular flexibility index (Phi) is 9.10. The second-order valence-electron chi connectivity index (χ2n) is 6.58. The number of likely N-dealkylation sites (tertiary alicyclic amines) is 1. The van der Waals surface area contributed by atoms with Crippen molar-refractivity contribution in [3.63, 3.8) is 0 Å². The molecule has 0 spiro atoms. The minimum absolute atomic E-state index is 0.0376. The largest absolute Gasteiger partial charge is 0.484 e. The summed E-state index contributed by atoms with van der Waals surface area (Å²) in [6, 6.07) is 9.21. The maximum Gasteiger partial charge on any atom is 0.409 e. The van der Waals surface area contributed by atoms with Crippen LogP contribution in [0.15, 0.2) is 30.3 Å². The van der Waals surface area contributed by atoms with Gasteiger partial charge in [-0.2, -0.15) is 0 Å². The zero-order chi connectivity index (χ0) is 20.2. The maximum atomic E-state index is 12.0. The Morgan fingerprint density at radius 1 is 1.11 bits per heavy atom. The van der Waals surface area contributed by atoms with E-state index in [1.807, 2.05) is 18.2 Å². The highest BCUT2D eigenvalue weighted by Gasteiger charge is 2.24. The zero-order valence-electron chi connectivity index (χ0n) is 16.3.